The van der Waals surface area contributed by atoms with Gasteiger partial charge >= 0.3 is 0 Å². The second-order valence-corrected chi connectivity index (χ2v) is 7.12. The van der Waals surface area contributed by atoms with Crippen LogP contribution in [0.2, 0.25) is 0 Å². The van der Waals surface area contributed by atoms with Crippen LogP contribution >= 0.6 is 0 Å². The zero-order valence-corrected chi connectivity index (χ0v) is 16.9. The Balaban J connectivity index is 1.59. The summed E-state index contributed by atoms with van der Waals surface area (Å²) in [4.78, 5) is 23.9. The predicted molar refractivity (Wildman–Crippen MR) is 118 cm³/mol. The number of amides is 1. The number of rotatable bonds is 8. The minimum atomic E-state index is -0.0532. The lowest BCUT2D eigenvalue weighted by Crippen LogP contribution is -2.26. The molecule has 3 N–H and O–H groups in total. The quantitative estimate of drug-likeness (QED) is 0.496. The summed E-state index contributed by atoms with van der Waals surface area (Å²) in [5.41, 5.74) is 2.63. The minimum Gasteiger partial charge on any atom is -0.492 e. The molecule has 7 nitrogen and oxygen atoms in total. The van der Waals surface area contributed by atoms with Gasteiger partial charge in [0.25, 0.3) is 0 Å². The minimum absolute atomic E-state index is 0.0532. The molecule has 1 aromatic carbocycles. The Morgan fingerprint density at radius 1 is 1.20 bits per heavy atom. The van der Waals surface area contributed by atoms with Crippen LogP contribution in [0.3, 0.4) is 0 Å². The van der Waals surface area contributed by atoms with Crippen molar-refractivity contribution in [2.45, 2.75) is 26.4 Å². The van der Waals surface area contributed by atoms with Gasteiger partial charge in [0.15, 0.2) is 5.82 Å². The summed E-state index contributed by atoms with van der Waals surface area (Å²) in [5.74, 6) is 2.30. The summed E-state index contributed by atoms with van der Waals surface area (Å²) in [6.45, 7) is 3.04. The molecule has 2 aromatic heterocycles. The number of benzene rings is 1. The number of anilines is 1. The van der Waals surface area contributed by atoms with Crippen molar-refractivity contribution >= 4 is 22.8 Å². The van der Waals surface area contributed by atoms with E-state index in [0.717, 1.165) is 46.7 Å². The standard InChI is InChI=1S/C23H25N5O2/c1-16(29)24-12-13-25-22-20-14-18(15-30-19-10-6-3-7-11-19)26-23(20)28-21(27-22)17-8-4-2-5-9-17/h2-6,8-10,14H,7,11-13,15H2,1H3,(H,24,29)(H2,25,26,27,28). The van der Waals surface area contributed by atoms with Crippen molar-refractivity contribution in [3.63, 3.8) is 0 Å². The SMILES string of the molecule is CC(=O)NCCNc1nc(-c2ccccc2)nc2[nH]c(COC3=CC=CCC3)cc12. The molecule has 154 valence electrons. The number of nitrogens with one attached hydrogen (secondary N) is 3. The number of ether oxygens (including phenoxy) is 1. The lowest BCUT2D eigenvalue weighted by Gasteiger charge is -2.10. The fraction of sp³-hybridized carbons (Fsp3) is 0.261. The van der Waals surface area contributed by atoms with Gasteiger partial charge < -0.3 is 20.4 Å². The number of carbonyl (C=O) groups excluding carboxylic acids is 1. The van der Waals surface area contributed by atoms with Crippen LogP contribution in [0.5, 0.6) is 0 Å². The molecule has 0 bridgehead atoms. The zero-order chi connectivity index (χ0) is 20.8. The van der Waals surface area contributed by atoms with Crippen LogP contribution in [-0.2, 0) is 16.1 Å². The lowest BCUT2D eigenvalue weighted by molar-refractivity contribution is -0.118. The number of carbonyl (C=O) groups is 1. The molecule has 1 aliphatic carbocycles. The number of allylic oxidation sites excluding steroid dienone is 4. The molecule has 0 aliphatic heterocycles. The first-order chi connectivity index (χ1) is 14.7. The molecule has 1 amide bonds. The van der Waals surface area contributed by atoms with Crippen molar-refractivity contribution in [1.82, 2.24) is 20.3 Å². The van der Waals surface area contributed by atoms with Crippen LogP contribution in [-0.4, -0.2) is 33.9 Å². The average Bonchev–Trinajstić information content (AvgIpc) is 3.19. The molecule has 7 heteroatoms. The molecular weight excluding hydrogens is 378 g/mol. The molecule has 0 unspecified atom stereocenters. The van der Waals surface area contributed by atoms with Gasteiger partial charge in [-0.15, -0.1) is 0 Å². The Hall–Kier alpha value is -3.61. The highest BCUT2D eigenvalue weighted by Crippen LogP contribution is 2.26. The average molecular weight is 403 g/mol. The van der Waals surface area contributed by atoms with Gasteiger partial charge in [-0.3, -0.25) is 4.79 Å². The molecule has 2 heterocycles. The predicted octanol–water partition coefficient (Wildman–Crippen LogP) is 3.92. The molecule has 1 aliphatic rings. The largest absolute Gasteiger partial charge is 0.492 e. The molecule has 30 heavy (non-hydrogen) atoms. The van der Waals surface area contributed by atoms with Crippen molar-refractivity contribution in [3.05, 3.63) is 66.1 Å². The van der Waals surface area contributed by atoms with Crippen molar-refractivity contribution in [2.75, 3.05) is 18.4 Å². The third kappa shape index (κ3) is 4.86. The molecule has 0 saturated heterocycles. The number of nitrogens with zero attached hydrogens (tertiary/aromatic N) is 2. The second-order valence-electron chi connectivity index (χ2n) is 7.12. The van der Waals surface area contributed by atoms with Gasteiger partial charge in [0, 0.05) is 32.0 Å². The number of aromatic nitrogens is 3. The highest BCUT2D eigenvalue weighted by Gasteiger charge is 2.13. The summed E-state index contributed by atoms with van der Waals surface area (Å²) in [6, 6.07) is 11.9. The highest BCUT2D eigenvalue weighted by molar-refractivity contribution is 5.89. The number of aromatic amines is 1. The third-order valence-corrected chi connectivity index (χ3v) is 4.76. The van der Waals surface area contributed by atoms with Crippen LogP contribution in [0.1, 0.15) is 25.5 Å². The number of hydrogen-bond acceptors (Lipinski definition) is 5. The van der Waals surface area contributed by atoms with Gasteiger partial charge in [0.2, 0.25) is 5.91 Å². The number of fused-ring (bicyclic) bond motifs is 1. The summed E-state index contributed by atoms with van der Waals surface area (Å²) in [7, 11) is 0. The highest BCUT2D eigenvalue weighted by atomic mass is 16.5. The van der Waals surface area contributed by atoms with Gasteiger partial charge in [-0.25, -0.2) is 9.97 Å². The summed E-state index contributed by atoms with van der Waals surface area (Å²) >= 11 is 0. The van der Waals surface area contributed by atoms with E-state index in [2.05, 4.69) is 21.7 Å². The fourth-order valence-electron chi connectivity index (χ4n) is 3.28. The lowest BCUT2D eigenvalue weighted by atomic mass is 10.2. The topological polar surface area (TPSA) is 91.9 Å². The summed E-state index contributed by atoms with van der Waals surface area (Å²) < 4.78 is 5.94. The first kappa shape index (κ1) is 19.7. The molecule has 3 aromatic rings. The van der Waals surface area contributed by atoms with Gasteiger partial charge in [-0.2, -0.15) is 0 Å². The van der Waals surface area contributed by atoms with E-state index >= 15 is 0 Å². The summed E-state index contributed by atoms with van der Waals surface area (Å²) in [5, 5.41) is 7.01. The van der Waals surface area contributed by atoms with Crippen LogP contribution in [0.25, 0.3) is 22.4 Å². The maximum Gasteiger partial charge on any atom is 0.216 e. The maximum atomic E-state index is 11.1. The first-order valence-electron chi connectivity index (χ1n) is 10.1. The first-order valence-corrected chi connectivity index (χ1v) is 10.1. The number of H-pyrrole nitrogens is 1. The van der Waals surface area contributed by atoms with Crippen LogP contribution < -0.4 is 10.6 Å². The third-order valence-electron chi connectivity index (χ3n) is 4.76. The van der Waals surface area contributed by atoms with E-state index in [1.807, 2.05) is 48.6 Å². The molecule has 0 fully saturated rings. The molecule has 0 saturated carbocycles. The molecule has 4 rings (SSSR count). The molecule has 0 spiro atoms. The van der Waals surface area contributed by atoms with E-state index in [-0.39, 0.29) is 5.91 Å². The van der Waals surface area contributed by atoms with E-state index in [9.17, 15) is 4.79 Å². The van der Waals surface area contributed by atoms with Gasteiger partial charge in [0.05, 0.1) is 16.8 Å². The van der Waals surface area contributed by atoms with Crippen molar-refractivity contribution < 1.29 is 9.53 Å². The Morgan fingerprint density at radius 2 is 2.07 bits per heavy atom. The van der Waals surface area contributed by atoms with Crippen LogP contribution in [0.15, 0.2) is 60.4 Å². The van der Waals surface area contributed by atoms with E-state index in [0.29, 0.717) is 25.5 Å². The smallest absolute Gasteiger partial charge is 0.216 e. The van der Waals surface area contributed by atoms with E-state index < -0.39 is 0 Å². The Labute approximate surface area is 175 Å². The Bertz CT molecular complexity index is 1090. The number of hydrogen-bond donors (Lipinski definition) is 3. The Kier molecular flexibility index (Phi) is 6.08. The van der Waals surface area contributed by atoms with E-state index in [4.69, 9.17) is 14.7 Å². The normalized spacial score (nSPS) is 13.2. The second kappa shape index (κ2) is 9.26. The fourth-order valence-corrected chi connectivity index (χ4v) is 3.28. The summed E-state index contributed by atoms with van der Waals surface area (Å²) in [6.07, 6.45) is 8.10. The molecule has 0 atom stereocenters. The van der Waals surface area contributed by atoms with Crippen molar-refractivity contribution in [3.8, 4) is 11.4 Å². The Morgan fingerprint density at radius 3 is 2.83 bits per heavy atom. The van der Waals surface area contributed by atoms with Gasteiger partial charge in [-0.05, 0) is 18.6 Å². The van der Waals surface area contributed by atoms with E-state index in [1.165, 1.54) is 6.92 Å². The van der Waals surface area contributed by atoms with Crippen molar-refractivity contribution in [2.24, 2.45) is 0 Å². The zero-order valence-electron chi connectivity index (χ0n) is 16.9. The van der Waals surface area contributed by atoms with Crippen molar-refractivity contribution in [1.29, 1.82) is 0 Å². The van der Waals surface area contributed by atoms with Crippen LogP contribution in [0, 0.1) is 0 Å². The maximum absolute atomic E-state index is 11.1. The monoisotopic (exact) mass is 403 g/mol. The molecular formula is C23H25N5O2. The van der Waals surface area contributed by atoms with Gasteiger partial charge in [0.1, 0.15) is 18.1 Å². The van der Waals surface area contributed by atoms with Gasteiger partial charge in [-0.1, -0.05) is 42.5 Å². The van der Waals surface area contributed by atoms with Crippen LogP contribution in [0.4, 0.5) is 5.82 Å². The van der Waals surface area contributed by atoms with E-state index in [1.54, 1.807) is 0 Å². The molecule has 0 radical (unpaired) electrons.